The van der Waals surface area contributed by atoms with E-state index in [9.17, 15) is 9.59 Å². The second-order valence-corrected chi connectivity index (χ2v) is 4.70. The summed E-state index contributed by atoms with van der Waals surface area (Å²) in [6, 6.07) is 2.73. The number of rotatable bonds is 3. The van der Waals surface area contributed by atoms with Gasteiger partial charge in [0.05, 0.1) is 24.4 Å². The molecular weight excluding hydrogens is 264 g/mol. The first-order chi connectivity index (χ1) is 9.51. The molecule has 7 nitrogen and oxygen atoms in total. The highest BCUT2D eigenvalue weighted by Gasteiger charge is 2.29. The van der Waals surface area contributed by atoms with Crippen molar-refractivity contribution in [3.63, 3.8) is 0 Å². The fourth-order valence-corrected chi connectivity index (χ4v) is 2.12. The van der Waals surface area contributed by atoms with Crippen molar-refractivity contribution in [1.82, 2.24) is 9.88 Å². The number of amides is 1. The molecule has 0 saturated carbocycles. The number of carboxylic acid groups (broad SMARTS) is 1. The Hall–Kier alpha value is -1.99. The van der Waals surface area contributed by atoms with Gasteiger partial charge in [-0.25, -0.2) is 4.79 Å². The average Bonchev–Trinajstić information content (AvgIpc) is 2.45. The van der Waals surface area contributed by atoms with Crippen LogP contribution in [0.15, 0.2) is 18.3 Å². The Kier molecular flexibility index (Phi) is 4.31. The number of hydrogen-bond acceptors (Lipinski definition) is 5. The van der Waals surface area contributed by atoms with Gasteiger partial charge in [-0.15, -0.1) is 0 Å². The van der Waals surface area contributed by atoms with Crippen molar-refractivity contribution < 1.29 is 24.5 Å². The average molecular weight is 280 g/mol. The number of aromatic carboxylic acids is 1. The van der Waals surface area contributed by atoms with Crippen molar-refractivity contribution in [2.45, 2.75) is 19.1 Å². The van der Waals surface area contributed by atoms with Gasteiger partial charge < -0.3 is 19.8 Å². The summed E-state index contributed by atoms with van der Waals surface area (Å²) >= 11 is 0. The van der Waals surface area contributed by atoms with E-state index in [2.05, 4.69) is 4.98 Å². The molecule has 1 aliphatic heterocycles. The molecule has 0 spiro atoms. The van der Waals surface area contributed by atoms with Crippen LogP contribution in [0.25, 0.3) is 0 Å². The maximum atomic E-state index is 12.3. The number of morpholine rings is 1. The number of hydrogen-bond donors (Lipinski definition) is 2. The predicted molar refractivity (Wildman–Crippen MR) is 68.5 cm³/mol. The number of carbonyl (C=O) groups excluding carboxylic acids is 1. The molecule has 0 aliphatic carbocycles. The van der Waals surface area contributed by atoms with Gasteiger partial charge in [0.25, 0.3) is 5.91 Å². The number of aliphatic hydroxyl groups is 1. The standard InChI is InChI=1S/C13H16N2O5/c1-8-5-15(6-10(7-16)20-8)12(17)11-3-2-9(4-14-11)13(18)19/h2-4,8,10,16H,5-7H2,1H3,(H,18,19). The Labute approximate surface area is 115 Å². The lowest BCUT2D eigenvalue weighted by Gasteiger charge is -2.35. The molecule has 20 heavy (non-hydrogen) atoms. The first-order valence-electron chi connectivity index (χ1n) is 6.26. The van der Waals surface area contributed by atoms with Gasteiger partial charge in [0, 0.05) is 19.3 Å². The van der Waals surface area contributed by atoms with E-state index in [1.807, 2.05) is 6.92 Å². The largest absolute Gasteiger partial charge is 0.478 e. The minimum atomic E-state index is -1.09. The normalized spacial score (nSPS) is 22.6. The Balaban J connectivity index is 2.11. The number of aromatic nitrogens is 1. The smallest absolute Gasteiger partial charge is 0.337 e. The van der Waals surface area contributed by atoms with E-state index in [4.69, 9.17) is 14.9 Å². The summed E-state index contributed by atoms with van der Waals surface area (Å²) in [5, 5.41) is 17.9. The van der Waals surface area contributed by atoms with Crippen molar-refractivity contribution in [3.8, 4) is 0 Å². The Morgan fingerprint density at radius 1 is 1.45 bits per heavy atom. The summed E-state index contributed by atoms with van der Waals surface area (Å²) in [7, 11) is 0. The first-order valence-corrected chi connectivity index (χ1v) is 6.26. The summed E-state index contributed by atoms with van der Waals surface area (Å²) < 4.78 is 5.46. The van der Waals surface area contributed by atoms with E-state index >= 15 is 0 Å². The molecule has 2 atom stereocenters. The van der Waals surface area contributed by atoms with Gasteiger partial charge >= 0.3 is 5.97 Å². The molecule has 1 amide bonds. The van der Waals surface area contributed by atoms with E-state index in [1.54, 1.807) is 4.90 Å². The molecule has 2 N–H and O–H groups in total. The van der Waals surface area contributed by atoms with Crippen LogP contribution in [-0.2, 0) is 4.74 Å². The molecule has 2 heterocycles. The van der Waals surface area contributed by atoms with E-state index in [-0.39, 0.29) is 29.9 Å². The molecule has 1 aromatic rings. The van der Waals surface area contributed by atoms with Gasteiger partial charge in [0.15, 0.2) is 0 Å². The molecule has 1 aromatic heterocycles. The molecule has 1 saturated heterocycles. The molecule has 0 radical (unpaired) electrons. The predicted octanol–water partition coefficient (Wildman–Crippen LogP) is 0.00160. The van der Waals surface area contributed by atoms with Crippen molar-refractivity contribution >= 4 is 11.9 Å². The number of carbonyl (C=O) groups is 2. The lowest BCUT2D eigenvalue weighted by molar-refractivity contribution is -0.0859. The summed E-state index contributed by atoms with van der Waals surface area (Å²) in [6.07, 6.45) is 0.590. The highest BCUT2D eigenvalue weighted by atomic mass is 16.5. The van der Waals surface area contributed by atoms with Gasteiger partial charge in [0.1, 0.15) is 5.69 Å². The third kappa shape index (κ3) is 3.12. The third-order valence-corrected chi connectivity index (χ3v) is 3.05. The Morgan fingerprint density at radius 2 is 2.20 bits per heavy atom. The summed E-state index contributed by atoms with van der Waals surface area (Å²) in [4.78, 5) is 28.4. The molecule has 2 unspecified atom stereocenters. The second kappa shape index (κ2) is 5.98. The van der Waals surface area contributed by atoms with Crippen LogP contribution < -0.4 is 0 Å². The Morgan fingerprint density at radius 3 is 2.75 bits per heavy atom. The van der Waals surface area contributed by atoms with Crippen LogP contribution in [0, 0.1) is 0 Å². The lowest BCUT2D eigenvalue weighted by Crippen LogP contribution is -2.50. The van der Waals surface area contributed by atoms with Crippen molar-refractivity contribution in [3.05, 3.63) is 29.6 Å². The fraction of sp³-hybridized carbons (Fsp3) is 0.462. The molecule has 108 valence electrons. The number of pyridine rings is 1. The van der Waals surface area contributed by atoms with Crippen LogP contribution in [-0.4, -0.2) is 63.9 Å². The molecule has 7 heteroatoms. The maximum Gasteiger partial charge on any atom is 0.337 e. The zero-order valence-corrected chi connectivity index (χ0v) is 11.0. The van der Waals surface area contributed by atoms with Gasteiger partial charge in [-0.3, -0.25) is 9.78 Å². The van der Waals surface area contributed by atoms with Crippen molar-refractivity contribution in [2.24, 2.45) is 0 Å². The zero-order valence-electron chi connectivity index (χ0n) is 11.0. The highest BCUT2D eigenvalue weighted by molar-refractivity contribution is 5.93. The monoisotopic (exact) mass is 280 g/mol. The first kappa shape index (κ1) is 14.4. The van der Waals surface area contributed by atoms with Crippen LogP contribution in [0.3, 0.4) is 0 Å². The lowest BCUT2D eigenvalue weighted by atomic mass is 10.2. The summed E-state index contributed by atoms with van der Waals surface area (Å²) in [5.74, 6) is -1.38. The van der Waals surface area contributed by atoms with Gasteiger partial charge in [-0.2, -0.15) is 0 Å². The van der Waals surface area contributed by atoms with Crippen molar-refractivity contribution in [1.29, 1.82) is 0 Å². The van der Waals surface area contributed by atoms with Crippen LogP contribution >= 0.6 is 0 Å². The zero-order chi connectivity index (χ0) is 14.7. The van der Waals surface area contributed by atoms with E-state index < -0.39 is 12.1 Å². The minimum absolute atomic E-state index is 0.0325. The van der Waals surface area contributed by atoms with Gasteiger partial charge in [-0.1, -0.05) is 0 Å². The number of nitrogens with zero attached hydrogens (tertiary/aromatic N) is 2. The van der Waals surface area contributed by atoms with Crippen LogP contribution in [0.4, 0.5) is 0 Å². The highest BCUT2D eigenvalue weighted by Crippen LogP contribution is 2.13. The molecule has 1 fully saturated rings. The quantitative estimate of drug-likeness (QED) is 0.808. The number of ether oxygens (including phenoxy) is 1. The van der Waals surface area contributed by atoms with Gasteiger partial charge in [0.2, 0.25) is 0 Å². The molecule has 1 aliphatic rings. The van der Waals surface area contributed by atoms with E-state index in [0.29, 0.717) is 13.1 Å². The molecule has 2 rings (SSSR count). The second-order valence-electron chi connectivity index (χ2n) is 4.70. The fourth-order valence-electron chi connectivity index (χ4n) is 2.12. The number of carboxylic acids is 1. The topological polar surface area (TPSA) is 100.0 Å². The minimum Gasteiger partial charge on any atom is -0.478 e. The van der Waals surface area contributed by atoms with Crippen molar-refractivity contribution in [2.75, 3.05) is 19.7 Å². The molecule has 0 bridgehead atoms. The van der Waals surface area contributed by atoms with Crippen LogP contribution in [0.1, 0.15) is 27.8 Å². The SMILES string of the molecule is CC1CN(C(=O)c2ccc(C(=O)O)cn2)CC(CO)O1. The molecule has 0 aromatic carbocycles. The maximum absolute atomic E-state index is 12.3. The van der Waals surface area contributed by atoms with Crippen LogP contribution in [0.2, 0.25) is 0 Å². The van der Waals surface area contributed by atoms with E-state index in [1.165, 1.54) is 12.1 Å². The summed E-state index contributed by atoms with van der Waals surface area (Å²) in [6.45, 7) is 2.38. The Bertz CT molecular complexity index is 502. The number of aliphatic hydroxyl groups excluding tert-OH is 1. The summed E-state index contributed by atoms with van der Waals surface area (Å²) in [5.41, 5.74) is 0.214. The molecular formula is C13H16N2O5. The van der Waals surface area contributed by atoms with Crippen LogP contribution in [0.5, 0.6) is 0 Å². The van der Waals surface area contributed by atoms with E-state index in [0.717, 1.165) is 6.20 Å². The van der Waals surface area contributed by atoms with Gasteiger partial charge in [-0.05, 0) is 19.1 Å². The third-order valence-electron chi connectivity index (χ3n) is 3.05.